The molecule has 2 aliphatic rings. The summed E-state index contributed by atoms with van der Waals surface area (Å²) in [7, 11) is 0. The van der Waals surface area contributed by atoms with E-state index in [0.717, 1.165) is 55.3 Å². The summed E-state index contributed by atoms with van der Waals surface area (Å²) in [4.78, 5) is 17.6. The molecule has 2 aliphatic heterocycles. The zero-order valence-electron chi connectivity index (χ0n) is 17.0. The topological polar surface area (TPSA) is 44.8 Å². The molecular weight excluding hydrogens is 369 g/mol. The lowest BCUT2D eigenvalue weighted by Gasteiger charge is -2.37. The lowest BCUT2D eigenvalue weighted by Crippen LogP contribution is -2.46. The minimum absolute atomic E-state index is 0.0894. The second kappa shape index (κ2) is 8.41. The van der Waals surface area contributed by atoms with Crippen LogP contribution in [-0.2, 0) is 4.79 Å². The van der Waals surface area contributed by atoms with Crippen molar-refractivity contribution in [1.82, 2.24) is 10.2 Å². The summed E-state index contributed by atoms with van der Waals surface area (Å²) in [6, 6.07) is 12.2. The second-order valence-corrected chi connectivity index (χ2v) is 7.76. The summed E-state index contributed by atoms with van der Waals surface area (Å²) in [6.07, 6.45) is 0. The number of likely N-dealkylation sites (N-methyl/N-ethyl adjacent to an activating group) is 1. The Kier molecular flexibility index (Phi) is 5.72. The van der Waals surface area contributed by atoms with Crippen molar-refractivity contribution in [3.8, 4) is 5.75 Å². The Morgan fingerprint density at radius 2 is 1.97 bits per heavy atom. The Bertz CT molecular complexity index is 880. The molecule has 0 spiro atoms. The molecule has 0 aromatic heterocycles. The van der Waals surface area contributed by atoms with Gasteiger partial charge in [-0.05, 0) is 37.7 Å². The number of nitrogens with zero attached hydrogens (tertiary/aromatic N) is 2. The smallest absolute Gasteiger partial charge is 0.231 e. The minimum Gasteiger partial charge on any atom is -0.492 e. The number of carbonyl (C=O) groups excluding carboxylic acids is 1. The quantitative estimate of drug-likeness (QED) is 0.841. The van der Waals surface area contributed by atoms with Crippen molar-refractivity contribution >= 4 is 11.6 Å². The van der Waals surface area contributed by atoms with Crippen molar-refractivity contribution < 1.29 is 13.9 Å². The van der Waals surface area contributed by atoms with E-state index in [1.54, 1.807) is 6.07 Å². The number of hydrogen-bond acceptors (Lipinski definition) is 4. The molecule has 5 nitrogen and oxygen atoms in total. The van der Waals surface area contributed by atoms with Gasteiger partial charge in [0.05, 0.1) is 6.04 Å². The molecule has 1 fully saturated rings. The third kappa shape index (κ3) is 4.08. The van der Waals surface area contributed by atoms with Crippen molar-refractivity contribution in [2.75, 3.05) is 44.2 Å². The first-order valence-electron chi connectivity index (χ1n) is 10.4. The van der Waals surface area contributed by atoms with Crippen molar-refractivity contribution in [2.24, 2.45) is 0 Å². The maximum absolute atomic E-state index is 14.1. The number of ether oxygens (including phenoxy) is 1. The number of amides is 1. The number of carbonyl (C=O) groups is 1. The van der Waals surface area contributed by atoms with Crippen LogP contribution < -0.4 is 15.0 Å². The highest BCUT2D eigenvalue weighted by atomic mass is 19.1. The molecule has 2 heterocycles. The molecule has 1 N–H and O–H groups in total. The van der Waals surface area contributed by atoms with Gasteiger partial charge in [-0.25, -0.2) is 4.39 Å². The molecule has 4 rings (SSSR count). The Hall–Kier alpha value is -2.60. The fourth-order valence-electron chi connectivity index (χ4n) is 4.24. The van der Waals surface area contributed by atoms with Gasteiger partial charge in [0.1, 0.15) is 24.1 Å². The number of piperazine rings is 1. The van der Waals surface area contributed by atoms with E-state index >= 15 is 0 Å². The van der Waals surface area contributed by atoms with Crippen LogP contribution in [0.15, 0.2) is 42.5 Å². The van der Waals surface area contributed by atoms with Gasteiger partial charge < -0.3 is 19.9 Å². The highest BCUT2D eigenvalue weighted by Gasteiger charge is 2.31. The molecule has 0 radical (unpaired) electrons. The van der Waals surface area contributed by atoms with Crippen LogP contribution in [0.4, 0.5) is 10.1 Å². The lowest BCUT2D eigenvalue weighted by molar-refractivity contribution is -0.123. The SMILES string of the molecule is CCN1CCN(c2ccc(F)cc2C(C)NC(=O)C2COc3ccccc32)CC1. The number of fused-ring (bicyclic) bond motifs is 1. The predicted molar refractivity (Wildman–Crippen MR) is 112 cm³/mol. The van der Waals surface area contributed by atoms with Gasteiger partial charge in [-0.15, -0.1) is 0 Å². The molecule has 1 saturated heterocycles. The first-order valence-corrected chi connectivity index (χ1v) is 10.4. The van der Waals surface area contributed by atoms with Crippen molar-refractivity contribution in [3.05, 3.63) is 59.4 Å². The van der Waals surface area contributed by atoms with Gasteiger partial charge in [0.2, 0.25) is 5.91 Å². The number of anilines is 1. The maximum atomic E-state index is 14.1. The molecule has 29 heavy (non-hydrogen) atoms. The van der Waals surface area contributed by atoms with E-state index in [1.807, 2.05) is 37.3 Å². The molecule has 2 unspecified atom stereocenters. The number of halogens is 1. The average molecular weight is 397 g/mol. The molecular formula is C23H28FN3O2. The normalized spacial score (nSPS) is 20.1. The van der Waals surface area contributed by atoms with Gasteiger partial charge in [0.15, 0.2) is 0 Å². The zero-order chi connectivity index (χ0) is 20.4. The molecule has 1 amide bonds. The van der Waals surface area contributed by atoms with Crippen LogP contribution in [0, 0.1) is 5.82 Å². The van der Waals surface area contributed by atoms with Crippen LogP contribution in [0.2, 0.25) is 0 Å². The Morgan fingerprint density at radius 1 is 1.21 bits per heavy atom. The zero-order valence-corrected chi connectivity index (χ0v) is 17.0. The van der Waals surface area contributed by atoms with Gasteiger partial charge >= 0.3 is 0 Å². The molecule has 0 bridgehead atoms. The van der Waals surface area contributed by atoms with E-state index in [4.69, 9.17) is 4.74 Å². The van der Waals surface area contributed by atoms with Gasteiger partial charge in [-0.1, -0.05) is 25.1 Å². The molecule has 0 aliphatic carbocycles. The van der Waals surface area contributed by atoms with E-state index in [9.17, 15) is 9.18 Å². The minimum atomic E-state index is -0.334. The third-order valence-corrected chi connectivity index (χ3v) is 5.99. The van der Waals surface area contributed by atoms with Crippen LogP contribution in [0.3, 0.4) is 0 Å². The molecule has 2 atom stereocenters. The van der Waals surface area contributed by atoms with E-state index in [0.29, 0.717) is 6.61 Å². The van der Waals surface area contributed by atoms with E-state index in [-0.39, 0.29) is 23.7 Å². The molecule has 2 aromatic rings. The number of hydrogen-bond donors (Lipinski definition) is 1. The predicted octanol–water partition coefficient (Wildman–Crippen LogP) is 3.32. The van der Waals surface area contributed by atoms with Gasteiger partial charge in [-0.2, -0.15) is 0 Å². The lowest BCUT2D eigenvalue weighted by atomic mass is 9.98. The molecule has 6 heteroatoms. The standard InChI is InChI=1S/C23H28FN3O2/c1-3-26-10-12-27(13-11-26)21-9-8-17(24)14-19(21)16(2)25-23(28)20-15-29-22-7-5-4-6-18(20)22/h4-9,14,16,20H,3,10-13,15H2,1-2H3,(H,25,28). The summed E-state index contributed by atoms with van der Waals surface area (Å²) in [5.74, 6) is 0.0550. The summed E-state index contributed by atoms with van der Waals surface area (Å²) in [5.41, 5.74) is 2.72. The number of benzene rings is 2. The van der Waals surface area contributed by atoms with E-state index < -0.39 is 0 Å². The van der Waals surface area contributed by atoms with Crippen molar-refractivity contribution in [2.45, 2.75) is 25.8 Å². The van der Waals surface area contributed by atoms with Crippen LogP contribution in [0.1, 0.15) is 36.9 Å². The maximum Gasteiger partial charge on any atom is 0.231 e. The summed E-state index contributed by atoms with van der Waals surface area (Å²) < 4.78 is 19.7. The van der Waals surface area contributed by atoms with Gasteiger partial charge in [-0.3, -0.25) is 4.79 Å². The summed E-state index contributed by atoms with van der Waals surface area (Å²) in [5, 5.41) is 3.08. The van der Waals surface area contributed by atoms with Gasteiger partial charge in [0, 0.05) is 43.0 Å². The van der Waals surface area contributed by atoms with Crippen LogP contribution in [-0.4, -0.2) is 50.1 Å². The fraction of sp³-hybridized carbons (Fsp3) is 0.435. The molecule has 154 valence electrons. The van der Waals surface area contributed by atoms with Crippen LogP contribution in [0.25, 0.3) is 0 Å². The largest absolute Gasteiger partial charge is 0.492 e. The molecule has 2 aromatic carbocycles. The molecule has 0 saturated carbocycles. The third-order valence-electron chi connectivity index (χ3n) is 5.99. The Morgan fingerprint density at radius 3 is 2.72 bits per heavy atom. The number of rotatable bonds is 5. The number of nitrogens with one attached hydrogen (secondary N) is 1. The Labute approximate surface area is 171 Å². The van der Waals surface area contributed by atoms with E-state index in [1.165, 1.54) is 6.07 Å². The highest BCUT2D eigenvalue weighted by Crippen LogP contribution is 2.35. The number of para-hydroxylation sites is 1. The van der Waals surface area contributed by atoms with Gasteiger partial charge in [0.25, 0.3) is 0 Å². The average Bonchev–Trinajstić information content (AvgIpc) is 3.18. The van der Waals surface area contributed by atoms with Crippen molar-refractivity contribution in [3.63, 3.8) is 0 Å². The van der Waals surface area contributed by atoms with Crippen LogP contribution in [0.5, 0.6) is 5.75 Å². The monoisotopic (exact) mass is 397 g/mol. The second-order valence-electron chi connectivity index (χ2n) is 7.76. The van der Waals surface area contributed by atoms with E-state index in [2.05, 4.69) is 22.0 Å². The highest BCUT2D eigenvalue weighted by molar-refractivity contribution is 5.86. The first kappa shape index (κ1) is 19.7. The summed E-state index contributed by atoms with van der Waals surface area (Å²) in [6.45, 7) is 9.25. The van der Waals surface area contributed by atoms with Crippen molar-refractivity contribution in [1.29, 1.82) is 0 Å². The van der Waals surface area contributed by atoms with Crippen LogP contribution >= 0.6 is 0 Å². The first-order chi connectivity index (χ1) is 14.1. The Balaban J connectivity index is 1.51. The summed E-state index contributed by atoms with van der Waals surface area (Å²) >= 11 is 0. The fourth-order valence-corrected chi connectivity index (χ4v) is 4.24.